The van der Waals surface area contributed by atoms with Gasteiger partial charge in [-0.05, 0) is 43.7 Å². The predicted molar refractivity (Wildman–Crippen MR) is 97.3 cm³/mol. The lowest BCUT2D eigenvalue weighted by Gasteiger charge is -2.14. The van der Waals surface area contributed by atoms with Crippen LogP contribution in [0.15, 0.2) is 81.4 Å². The van der Waals surface area contributed by atoms with Crippen molar-refractivity contribution in [3.8, 4) is 5.69 Å². The minimum Gasteiger partial charge on any atom is -0.294 e. The Kier molecular flexibility index (Phi) is 4.67. The monoisotopic (exact) mass is 335 g/mol. The Morgan fingerprint density at radius 2 is 1.54 bits per heavy atom. The molecular weight excluding hydrogens is 318 g/mol. The van der Waals surface area contributed by atoms with Gasteiger partial charge >= 0.3 is 0 Å². The van der Waals surface area contributed by atoms with Gasteiger partial charge in [0.05, 0.1) is 4.90 Å². The summed E-state index contributed by atoms with van der Waals surface area (Å²) in [4.78, 5) is 26.6. The number of carbonyl (C=O) groups is 1. The molecule has 120 valence electrons. The number of pyridine rings is 1. The minimum atomic E-state index is -0.113. The van der Waals surface area contributed by atoms with E-state index in [-0.39, 0.29) is 11.3 Å². The van der Waals surface area contributed by atoms with Crippen LogP contribution in [0.2, 0.25) is 0 Å². The van der Waals surface area contributed by atoms with Gasteiger partial charge in [0.1, 0.15) is 0 Å². The van der Waals surface area contributed by atoms with Gasteiger partial charge in [0.15, 0.2) is 5.78 Å². The fraction of sp³-hybridized carbons (Fsp3) is 0.100. The molecule has 0 saturated carbocycles. The normalized spacial score (nSPS) is 10.6. The molecule has 24 heavy (non-hydrogen) atoms. The summed E-state index contributed by atoms with van der Waals surface area (Å²) in [6.45, 7) is 3.36. The van der Waals surface area contributed by atoms with Gasteiger partial charge < -0.3 is 0 Å². The predicted octanol–water partition coefficient (Wildman–Crippen LogP) is 4.50. The molecule has 0 bridgehead atoms. The van der Waals surface area contributed by atoms with Crippen LogP contribution in [0.5, 0.6) is 0 Å². The molecule has 0 spiro atoms. The van der Waals surface area contributed by atoms with Crippen LogP contribution in [-0.4, -0.2) is 10.4 Å². The Hall–Kier alpha value is -2.59. The smallest absolute Gasteiger partial charge is 0.269 e. The van der Waals surface area contributed by atoms with Gasteiger partial charge in [0.2, 0.25) is 0 Å². The van der Waals surface area contributed by atoms with Crippen LogP contribution in [0, 0.1) is 6.92 Å². The van der Waals surface area contributed by atoms with Gasteiger partial charge in [-0.2, -0.15) is 0 Å². The molecule has 0 unspecified atom stereocenters. The molecule has 0 saturated heterocycles. The molecule has 2 aromatic carbocycles. The van der Waals surface area contributed by atoms with Crippen LogP contribution in [-0.2, 0) is 0 Å². The van der Waals surface area contributed by atoms with Crippen LogP contribution in [0.4, 0.5) is 0 Å². The highest BCUT2D eigenvalue weighted by Crippen LogP contribution is 2.29. The molecule has 0 aliphatic carbocycles. The Morgan fingerprint density at radius 3 is 2.12 bits per heavy atom. The molecule has 0 radical (unpaired) electrons. The van der Waals surface area contributed by atoms with E-state index in [4.69, 9.17) is 0 Å². The Bertz CT molecular complexity index is 931. The molecule has 0 amide bonds. The lowest BCUT2D eigenvalue weighted by molar-refractivity contribution is 0.101. The van der Waals surface area contributed by atoms with E-state index in [2.05, 4.69) is 0 Å². The summed E-state index contributed by atoms with van der Waals surface area (Å²) in [6.07, 6.45) is 1.64. The maximum absolute atomic E-state index is 13.0. The number of Topliss-reactive ketones (excluding diaryl/α,β-unsaturated/α-hetero) is 1. The molecule has 0 aliphatic heterocycles. The third-order valence-corrected chi connectivity index (χ3v) is 4.99. The van der Waals surface area contributed by atoms with Gasteiger partial charge in [0.25, 0.3) is 5.56 Å². The highest BCUT2D eigenvalue weighted by molar-refractivity contribution is 7.99. The standard InChI is InChI=1S/C20H17NO2S/c1-14-18(15(2)22)13-21(16-9-5-3-6-10-16)20(23)19(14)24-17-11-7-4-8-12-17/h3-13H,1-2H3. The maximum atomic E-state index is 13.0. The fourth-order valence-corrected chi connectivity index (χ4v) is 3.52. The SMILES string of the molecule is CC(=O)c1cn(-c2ccccc2)c(=O)c(Sc2ccccc2)c1C. The number of hydrogen-bond acceptors (Lipinski definition) is 3. The highest BCUT2D eigenvalue weighted by atomic mass is 32.2. The zero-order valence-electron chi connectivity index (χ0n) is 13.5. The van der Waals surface area contributed by atoms with E-state index in [0.29, 0.717) is 10.5 Å². The number of nitrogens with zero attached hydrogens (tertiary/aromatic N) is 1. The second-order valence-corrected chi connectivity index (χ2v) is 6.56. The van der Waals surface area contributed by atoms with Gasteiger partial charge in [-0.25, -0.2) is 0 Å². The number of benzene rings is 2. The molecule has 0 N–H and O–H groups in total. The number of carbonyl (C=O) groups excluding carboxylic acids is 1. The Morgan fingerprint density at radius 1 is 0.958 bits per heavy atom. The van der Waals surface area contributed by atoms with Crippen molar-refractivity contribution in [2.75, 3.05) is 0 Å². The van der Waals surface area contributed by atoms with E-state index >= 15 is 0 Å². The van der Waals surface area contributed by atoms with Crippen molar-refractivity contribution >= 4 is 17.5 Å². The Balaban J connectivity index is 2.22. The van der Waals surface area contributed by atoms with Crippen LogP contribution in [0.25, 0.3) is 5.69 Å². The Labute approximate surface area is 145 Å². The second-order valence-electron chi connectivity index (χ2n) is 5.48. The number of ketones is 1. The van der Waals surface area contributed by atoms with Gasteiger partial charge in [-0.1, -0.05) is 48.2 Å². The van der Waals surface area contributed by atoms with E-state index in [1.807, 2.05) is 67.6 Å². The molecule has 0 atom stereocenters. The zero-order chi connectivity index (χ0) is 17.1. The maximum Gasteiger partial charge on any atom is 0.269 e. The second kappa shape index (κ2) is 6.89. The van der Waals surface area contributed by atoms with Crippen molar-refractivity contribution in [3.05, 3.63) is 88.3 Å². The number of hydrogen-bond donors (Lipinski definition) is 0. The van der Waals surface area contributed by atoms with Crippen LogP contribution in [0.1, 0.15) is 22.8 Å². The summed E-state index contributed by atoms with van der Waals surface area (Å²) in [5.41, 5.74) is 1.93. The van der Waals surface area contributed by atoms with Crippen molar-refractivity contribution in [2.45, 2.75) is 23.6 Å². The highest BCUT2D eigenvalue weighted by Gasteiger charge is 2.17. The van der Waals surface area contributed by atoms with Crippen molar-refractivity contribution in [1.29, 1.82) is 0 Å². The molecule has 3 aromatic rings. The lowest BCUT2D eigenvalue weighted by atomic mass is 10.1. The average molecular weight is 335 g/mol. The molecule has 3 nitrogen and oxygen atoms in total. The first kappa shape index (κ1) is 16.3. The summed E-state index contributed by atoms with van der Waals surface area (Å²) in [5, 5.41) is 0. The van der Waals surface area contributed by atoms with Crippen LogP contribution < -0.4 is 5.56 Å². The number of rotatable bonds is 4. The first-order valence-corrected chi connectivity index (χ1v) is 8.45. The number of para-hydroxylation sites is 1. The van der Waals surface area contributed by atoms with Crippen molar-refractivity contribution in [1.82, 2.24) is 4.57 Å². The third kappa shape index (κ3) is 3.19. The first-order chi connectivity index (χ1) is 11.6. The zero-order valence-corrected chi connectivity index (χ0v) is 14.3. The summed E-state index contributed by atoms with van der Waals surface area (Å²) >= 11 is 1.40. The molecular formula is C20H17NO2S. The van der Waals surface area contributed by atoms with Gasteiger partial charge in [0, 0.05) is 22.3 Å². The van der Waals surface area contributed by atoms with E-state index in [9.17, 15) is 9.59 Å². The summed E-state index contributed by atoms with van der Waals surface area (Å²) in [5.74, 6) is -0.0490. The largest absolute Gasteiger partial charge is 0.294 e. The van der Waals surface area contributed by atoms with Gasteiger partial charge in [-0.15, -0.1) is 0 Å². The summed E-state index contributed by atoms with van der Waals surface area (Å²) in [7, 11) is 0. The minimum absolute atomic E-state index is 0.0490. The summed E-state index contributed by atoms with van der Waals surface area (Å²) in [6, 6.07) is 19.1. The fourth-order valence-electron chi connectivity index (χ4n) is 2.54. The van der Waals surface area contributed by atoms with Crippen LogP contribution in [0.3, 0.4) is 0 Å². The summed E-state index contributed by atoms with van der Waals surface area (Å²) < 4.78 is 1.55. The lowest BCUT2D eigenvalue weighted by Crippen LogP contribution is -2.23. The number of aromatic nitrogens is 1. The van der Waals surface area contributed by atoms with Crippen LogP contribution >= 0.6 is 11.8 Å². The topological polar surface area (TPSA) is 39.1 Å². The molecule has 4 heteroatoms. The van der Waals surface area contributed by atoms with Gasteiger partial charge in [-0.3, -0.25) is 14.2 Å². The van der Waals surface area contributed by atoms with Crippen molar-refractivity contribution in [3.63, 3.8) is 0 Å². The van der Waals surface area contributed by atoms with E-state index in [1.54, 1.807) is 10.8 Å². The molecule has 1 aromatic heterocycles. The average Bonchev–Trinajstić information content (AvgIpc) is 2.60. The van der Waals surface area contributed by atoms with Crippen molar-refractivity contribution in [2.24, 2.45) is 0 Å². The molecule has 1 heterocycles. The molecule has 3 rings (SSSR count). The molecule has 0 fully saturated rings. The van der Waals surface area contributed by atoms with E-state index in [1.165, 1.54) is 18.7 Å². The third-order valence-electron chi connectivity index (χ3n) is 3.79. The first-order valence-electron chi connectivity index (χ1n) is 7.63. The molecule has 0 aliphatic rings. The quantitative estimate of drug-likeness (QED) is 0.659. The van der Waals surface area contributed by atoms with E-state index in [0.717, 1.165) is 16.1 Å². The van der Waals surface area contributed by atoms with E-state index < -0.39 is 0 Å². The van der Waals surface area contributed by atoms with Crippen molar-refractivity contribution < 1.29 is 4.79 Å².